The molecule has 0 unspecified atom stereocenters. The van der Waals surface area contributed by atoms with Crippen LogP contribution in [0.1, 0.15) is 65.3 Å². The summed E-state index contributed by atoms with van der Waals surface area (Å²) in [5.74, 6) is -1.08. The molecule has 0 heterocycles. The van der Waals surface area contributed by atoms with Crippen LogP contribution in [0.3, 0.4) is 0 Å². The summed E-state index contributed by atoms with van der Waals surface area (Å²) in [5.41, 5.74) is -0.528. The molecule has 0 spiro atoms. The Labute approximate surface area is 167 Å². The second kappa shape index (κ2) is 10.6. The molecule has 2 rings (SSSR count). The molecule has 2 aromatic carbocycles. The molecule has 29 heavy (non-hydrogen) atoms. The molecule has 0 N–H and O–H groups in total. The van der Waals surface area contributed by atoms with Crippen LogP contribution in [0.25, 0.3) is 0 Å². The Bertz CT molecular complexity index is 796. The van der Waals surface area contributed by atoms with Gasteiger partial charge in [0.15, 0.2) is 0 Å². The Morgan fingerprint density at radius 1 is 0.793 bits per heavy atom. The van der Waals surface area contributed by atoms with Crippen molar-refractivity contribution in [2.75, 3.05) is 6.61 Å². The molecule has 0 radical (unpaired) electrons. The summed E-state index contributed by atoms with van der Waals surface area (Å²) in [6.07, 6.45) is 0.792. The Morgan fingerprint density at radius 3 is 1.93 bits per heavy atom. The van der Waals surface area contributed by atoms with Crippen LogP contribution in [0.2, 0.25) is 0 Å². The van der Waals surface area contributed by atoms with Crippen LogP contribution in [0, 0.1) is 0 Å². The highest BCUT2D eigenvalue weighted by Gasteiger charge is 2.30. The van der Waals surface area contributed by atoms with Gasteiger partial charge in [-0.3, -0.25) is 0 Å². The normalized spacial score (nSPS) is 11.2. The molecule has 4 nitrogen and oxygen atoms in total. The molecule has 0 saturated carbocycles. The van der Waals surface area contributed by atoms with E-state index < -0.39 is 23.7 Å². The van der Waals surface area contributed by atoms with Gasteiger partial charge in [-0.1, -0.05) is 32.6 Å². The minimum atomic E-state index is -4.47. The van der Waals surface area contributed by atoms with Crippen molar-refractivity contribution in [2.45, 2.75) is 45.2 Å². The zero-order valence-corrected chi connectivity index (χ0v) is 16.1. The van der Waals surface area contributed by atoms with E-state index in [0.29, 0.717) is 12.2 Å². The summed E-state index contributed by atoms with van der Waals surface area (Å²) >= 11 is 0. The van der Waals surface area contributed by atoms with Crippen LogP contribution in [0.15, 0.2) is 48.5 Å². The van der Waals surface area contributed by atoms with Gasteiger partial charge in [0, 0.05) is 0 Å². The van der Waals surface area contributed by atoms with Crippen LogP contribution in [-0.4, -0.2) is 18.5 Å². The Morgan fingerprint density at radius 2 is 1.34 bits per heavy atom. The SMILES string of the molecule is CCCCCCCOC(=O)c1ccc(OC(=O)c2ccc(C(F)(F)F)cc2)cc1. The van der Waals surface area contributed by atoms with Crippen LogP contribution in [-0.2, 0) is 10.9 Å². The van der Waals surface area contributed by atoms with Gasteiger partial charge in [-0.25, -0.2) is 9.59 Å². The van der Waals surface area contributed by atoms with Crippen molar-refractivity contribution in [1.29, 1.82) is 0 Å². The fourth-order valence-corrected chi connectivity index (χ4v) is 2.57. The number of hydrogen-bond acceptors (Lipinski definition) is 4. The molecule has 2 aromatic rings. The van der Waals surface area contributed by atoms with E-state index in [1.807, 2.05) is 0 Å². The average molecular weight is 408 g/mol. The third-order valence-electron chi connectivity index (χ3n) is 4.23. The summed E-state index contributed by atoms with van der Waals surface area (Å²) in [4.78, 5) is 24.0. The van der Waals surface area contributed by atoms with Crippen molar-refractivity contribution in [1.82, 2.24) is 0 Å². The third-order valence-corrected chi connectivity index (χ3v) is 4.23. The van der Waals surface area contributed by atoms with Gasteiger partial charge < -0.3 is 9.47 Å². The van der Waals surface area contributed by atoms with Crippen LogP contribution in [0.4, 0.5) is 13.2 Å². The fourth-order valence-electron chi connectivity index (χ4n) is 2.57. The van der Waals surface area contributed by atoms with Crippen molar-refractivity contribution in [3.63, 3.8) is 0 Å². The van der Waals surface area contributed by atoms with E-state index in [0.717, 1.165) is 49.9 Å². The first-order chi connectivity index (χ1) is 13.8. The summed E-state index contributed by atoms with van der Waals surface area (Å²) in [6, 6.07) is 9.54. The number of esters is 2. The molecular formula is C22H23F3O4. The van der Waals surface area contributed by atoms with Gasteiger partial charge in [0.25, 0.3) is 0 Å². The largest absolute Gasteiger partial charge is 0.462 e. The van der Waals surface area contributed by atoms with E-state index >= 15 is 0 Å². The van der Waals surface area contributed by atoms with E-state index in [-0.39, 0.29) is 11.3 Å². The monoisotopic (exact) mass is 408 g/mol. The van der Waals surface area contributed by atoms with Gasteiger partial charge in [-0.2, -0.15) is 13.2 Å². The molecule has 156 valence electrons. The number of halogens is 3. The number of benzene rings is 2. The molecule has 0 fully saturated rings. The number of carbonyl (C=O) groups excluding carboxylic acids is 2. The minimum absolute atomic E-state index is 0.00967. The summed E-state index contributed by atoms with van der Waals surface area (Å²) in [7, 11) is 0. The number of rotatable bonds is 9. The van der Waals surface area contributed by atoms with Gasteiger partial charge in [-0.05, 0) is 55.0 Å². The van der Waals surface area contributed by atoms with E-state index in [9.17, 15) is 22.8 Å². The van der Waals surface area contributed by atoms with E-state index in [1.165, 1.54) is 30.7 Å². The second-order valence-electron chi connectivity index (χ2n) is 6.54. The number of ether oxygens (including phenoxy) is 2. The van der Waals surface area contributed by atoms with E-state index in [2.05, 4.69) is 6.92 Å². The second-order valence-corrected chi connectivity index (χ2v) is 6.54. The quantitative estimate of drug-likeness (QED) is 0.288. The van der Waals surface area contributed by atoms with Crippen LogP contribution >= 0.6 is 0 Å². The lowest BCUT2D eigenvalue weighted by atomic mass is 10.1. The number of alkyl halides is 3. The van der Waals surface area contributed by atoms with Gasteiger partial charge in [0.05, 0.1) is 23.3 Å². The van der Waals surface area contributed by atoms with E-state index in [1.54, 1.807) is 0 Å². The Balaban J connectivity index is 1.85. The summed E-state index contributed by atoms with van der Waals surface area (Å²) in [5, 5.41) is 0. The van der Waals surface area contributed by atoms with Crippen molar-refractivity contribution >= 4 is 11.9 Å². The maximum Gasteiger partial charge on any atom is 0.416 e. The summed E-state index contributed by atoms with van der Waals surface area (Å²) in [6.45, 7) is 2.48. The molecule has 0 bridgehead atoms. The lowest BCUT2D eigenvalue weighted by Crippen LogP contribution is -2.10. The lowest BCUT2D eigenvalue weighted by molar-refractivity contribution is -0.137. The van der Waals surface area contributed by atoms with Crippen molar-refractivity contribution in [2.24, 2.45) is 0 Å². The van der Waals surface area contributed by atoms with Gasteiger partial charge >= 0.3 is 18.1 Å². The first-order valence-corrected chi connectivity index (χ1v) is 9.48. The summed E-state index contributed by atoms with van der Waals surface area (Å²) < 4.78 is 48.0. The zero-order chi connectivity index (χ0) is 21.3. The first-order valence-electron chi connectivity index (χ1n) is 9.48. The average Bonchev–Trinajstić information content (AvgIpc) is 2.70. The van der Waals surface area contributed by atoms with Crippen LogP contribution < -0.4 is 4.74 Å². The van der Waals surface area contributed by atoms with Crippen molar-refractivity contribution in [3.8, 4) is 5.75 Å². The molecule has 0 atom stereocenters. The maximum atomic E-state index is 12.6. The van der Waals surface area contributed by atoms with Crippen LogP contribution in [0.5, 0.6) is 5.75 Å². The molecule has 7 heteroatoms. The van der Waals surface area contributed by atoms with Crippen molar-refractivity contribution in [3.05, 3.63) is 65.2 Å². The zero-order valence-electron chi connectivity index (χ0n) is 16.1. The molecule has 0 aromatic heterocycles. The number of carbonyl (C=O) groups is 2. The predicted molar refractivity (Wildman–Crippen MR) is 102 cm³/mol. The smallest absolute Gasteiger partial charge is 0.416 e. The third kappa shape index (κ3) is 7.25. The molecule has 0 aliphatic rings. The van der Waals surface area contributed by atoms with Crippen molar-refractivity contribution < 1.29 is 32.2 Å². The van der Waals surface area contributed by atoms with Gasteiger partial charge in [0.1, 0.15) is 5.75 Å². The Kier molecular flexibility index (Phi) is 8.24. The number of unbranched alkanes of at least 4 members (excludes halogenated alkanes) is 4. The highest BCUT2D eigenvalue weighted by Crippen LogP contribution is 2.29. The molecule has 0 aliphatic heterocycles. The van der Waals surface area contributed by atoms with E-state index in [4.69, 9.17) is 9.47 Å². The Hall–Kier alpha value is -2.83. The standard InChI is InChI=1S/C22H23F3O4/c1-2-3-4-5-6-15-28-20(26)16-9-13-19(14-10-16)29-21(27)17-7-11-18(12-8-17)22(23,24)25/h7-14H,2-6,15H2,1H3. The fraction of sp³-hybridized carbons (Fsp3) is 0.364. The highest BCUT2D eigenvalue weighted by molar-refractivity contribution is 5.92. The highest BCUT2D eigenvalue weighted by atomic mass is 19.4. The van der Waals surface area contributed by atoms with Gasteiger partial charge in [-0.15, -0.1) is 0 Å². The molecule has 0 aliphatic carbocycles. The minimum Gasteiger partial charge on any atom is -0.462 e. The lowest BCUT2D eigenvalue weighted by Gasteiger charge is -2.08. The predicted octanol–water partition coefficient (Wildman–Crippen LogP) is 6.05. The maximum absolute atomic E-state index is 12.6. The number of hydrogen-bond donors (Lipinski definition) is 0. The molecular weight excluding hydrogens is 385 g/mol. The molecule has 0 saturated heterocycles. The van der Waals surface area contributed by atoms with Gasteiger partial charge in [0.2, 0.25) is 0 Å². The molecule has 0 amide bonds. The first kappa shape index (κ1) is 22.5. The topological polar surface area (TPSA) is 52.6 Å².